The zero-order valence-corrected chi connectivity index (χ0v) is 12.9. The lowest BCUT2D eigenvalue weighted by Gasteiger charge is -2.15. The quantitative estimate of drug-likeness (QED) is 0.586. The summed E-state index contributed by atoms with van der Waals surface area (Å²) in [5.74, 6) is -5.78. The third-order valence-corrected chi connectivity index (χ3v) is 4.11. The van der Waals surface area contributed by atoms with Gasteiger partial charge in [0, 0.05) is 0 Å². The number of benzene rings is 1. The second-order valence-electron chi connectivity index (χ2n) is 3.58. The van der Waals surface area contributed by atoms with Gasteiger partial charge in [-0.15, -0.1) is 12.4 Å². The van der Waals surface area contributed by atoms with E-state index in [9.17, 15) is 26.0 Å². The van der Waals surface area contributed by atoms with Crippen molar-refractivity contribution < 1.29 is 26.0 Å². The van der Waals surface area contributed by atoms with Crippen molar-refractivity contribution in [3.63, 3.8) is 0 Å². The zero-order chi connectivity index (χ0) is 14.8. The number of halogens is 6. The topological polar surface area (TPSA) is 72.2 Å². The molecule has 0 bridgehead atoms. The first-order valence-electron chi connectivity index (χ1n) is 4.81. The maximum absolute atomic E-state index is 13.4. The van der Waals surface area contributed by atoms with Crippen LogP contribution in [0, 0.1) is 11.6 Å². The molecule has 0 spiro atoms. The summed E-state index contributed by atoms with van der Waals surface area (Å²) >= 11 is 2.66. The van der Waals surface area contributed by atoms with E-state index in [1.165, 1.54) is 4.72 Å². The van der Waals surface area contributed by atoms with Gasteiger partial charge in [-0.2, -0.15) is 0 Å². The number of nitrogens with one attached hydrogen (secondary N) is 1. The Bertz CT molecular complexity index is 586. The lowest BCUT2D eigenvalue weighted by Crippen LogP contribution is -2.41. The lowest BCUT2D eigenvalue weighted by atomic mass is 10.3. The van der Waals surface area contributed by atoms with E-state index in [1.807, 2.05) is 0 Å². The fraction of sp³-hybridized carbons (Fsp3) is 0.333. The predicted molar refractivity (Wildman–Crippen MR) is 70.5 cm³/mol. The number of sulfonamides is 1. The molecule has 0 unspecified atom stereocenters. The summed E-state index contributed by atoms with van der Waals surface area (Å²) in [6.07, 6.45) is 0. The van der Waals surface area contributed by atoms with Gasteiger partial charge in [0.2, 0.25) is 10.0 Å². The molecule has 0 aliphatic rings. The highest BCUT2D eigenvalue weighted by Crippen LogP contribution is 2.23. The molecule has 0 heterocycles. The van der Waals surface area contributed by atoms with Crippen LogP contribution in [-0.2, 0) is 10.0 Å². The van der Waals surface area contributed by atoms with Crippen molar-refractivity contribution in [1.29, 1.82) is 0 Å². The molecule has 1 aromatic carbocycles. The summed E-state index contributed by atoms with van der Waals surface area (Å²) in [6.45, 7) is -2.38. The van der Waals surface area contributed by atoms with Gasteiger partial charge in [0.05, 0.1) is 17.6 Å². The van der Waals surface area contributed by atoms with E-state index in [1.54, 1.807) is 0 Å². The first-order valence-corrected chi connectivity index (χ1v) is 7.09. The molecule has 4 nitrogen and oxygen atoms in total. The van der Waals surface area contributed by atoms with Gasteiger partial charge < -0.3 is 5.73 Å². The minimum atomic E-state index is -4.59. The number of hydrogen-bond donors (Lipinski definition) is 2. The molecule has 0 aromatic heterocycles. The maximum atomic E-state index is 13.4. The normalized spacial score (nSPS) is 12.1. The van der Waals surface area contributed by atoms with Gasteiger partial charge in [0.15, 0.2) is 0 Å². The Balaban J connectivity index is 0.00000361. The molecule has 0 amide bonds. The van der Waals surface area contributed by atoms with E-state index in [0.717, 1.165) is 0 Å². The lowest BCUT2D eigenvalue weighted by molar-refractivity contribution is 0.0170. The molecular formula is C9H10BrClF4N2O2S. The summed E-state index contributed by atoms with van der Waals surface area (Å²) in [6, 6.07) is 0.979. The highest BCUT2D eigenvalue weighted by Gasteiger charge is 2.30. The van der Waals surface area contributed by atoms with Crippen LogP contribution in [0.2, 0.25) is 0 Å². The van der Waals surface area contributed by atoms with E-state index in [4.69, 9.17) is 5.73 Å². The molecule has 0 radical (unpaired) electrons. The fourth-order valence-electron chi connectivity index (χ4n) is 1.06. The van der Waals surface area contributed by atoms with Crippen LogP contribution in [0.25, 0.3) is 0 Å². The number of hydrogen-bond acceptors (Lipinski definition) is 3. The largest absolute Gasteiger partial charge is 0.325 e. The Morgan fingerprint density at radius 3 is 2.30 bits per heavy atom. The molecule has 0 aliphatic carbocycles. The van der Waals surface area contributed by atoms with E-state index < -0.39 is 45.6 Å². The molecule has 0 fully saturated rings. The molecule has 0 aliphatic heterocycles. The summed E-state index contributed by atoms with van der Waals surface area (Å²) in [4.78, 5) is -1.05. The fourth-order valence-corrected chi connectivity index (χ4v) is 2.51. The molecule has 0 saturated carbocycles. The monoisotopic (exact) mass is 400 g/mol. The standard InChI is InChI=1S/C9H9BrF4N2O2S.ClH/c10-5-1-7(12)8(2-6(5)11)19(17,18)16-4-9(13,14)3-15;/h1-2,16H,3-4,15H2;1H. The average molecular weight is 402 g/mol. The second kappa shape index (κ2) is 7.03. The predicted octanol–water partition coefficient (Wildman–Crippen LogP) is 2.02. The highest BCUT2D eigenvalue weighted by atomic mass is 79.9. The Labute approximate surface area is 127 Å². The molecule has 3 N–H and O–H groups in total. The first-order chi connectivity index (χ1) is 8.59. The van der Waals surface area contributed by atoms with Crippen molar-refractivity contribution in [3.8, 4) is 0 Å². The third kappa shape index (κ3) is 4.85. The Kier molecular flexibility index (Phi) is 6.88. The number of rotatable bonds is 5. The number of nitrogens with two attached hydrogens (primary N) is 1. The van der Waals surface area contributed by atoms with Gasteiger partial charge >= 0.3 is 0 Å². The second-order valence-corrected chi connectivity index (χ2v) is 6.17. The van der Waals surface area contributed by atoms with Crippen LogP contribution < -0.4 is 10.5 Å². The third-order valence-electron chi connectivity index (χ3n) is 2.08. The maximum Gasteiger partial charge on any atom is 0.273 e. The average Bonchev–Trinajstić information content (AvgIpc) is 2.31. The number of alkyl halides is 2. The van der Waals surface area contributed by atoms with Crippen molar-refractivity contribution in [2.45, 2.75) is 10.8 Å². The van der Waals surface area contributed by atoms with Crippen LogP contribution in [0.15, 0.2) is 21.5 Å². The van der Waals surface area contributed by atoms with Gasteiger partial charge in [-0.3, -0.25) is 0 Å². The molecule has 0 saturated heterocycles. The van der Waals surface area contributed by atoms with Crippen molar-refractivity contribution in [3.05, 3.63) is 28.2 Å². The highest BCUT2D eigenvalue weighted by molar-refractivity contribution is 9.10. The molecule has 20 heavy (non-hydrogen) atoms. The van der Waals surface area contributed by atoms with Gasteiger partial charge in [-0.05, 0) is 28.1 Å². The summed E-state index contributed by atoms with van der Waals surface area (Å²) in [5.41, 5.74) is 4.72. The van der Waals surface area contributed by atoms with Crippen molar-refractivity contribution in [2.24, 2.45) is 5.73 Å². The van der Waals surface area contributed by atoms with Gasteiger partial charge in [-0.1, -0.05) is 0 Å². The minimum absolute atomic E-state index is 0. The van der Waals surface area contributed by atoms with Gasteiger partial charge in [0.1, 0.15) is 16.5 Å². The van der Waals surface area contributed by atoms with Crippen molar-refractivity contribution in [1.82, 2.24) is 4.72 Å². The van der Waals surface area contributed by atoms with Crippen molar-refractivity contribution >= 4 is 38.4 Å². The van der Waals surface area contributed by atoms with Gasteiger partial charge in [-0.25, -0.2) is 30.7 Å². The minimum Gasteiger partial charge on any atom is -0.325 e. The zero-order valence-electron chi connectivity index (χ0n) is 9.67. The van der Waals surface area contributed by atoms with Crippen LogP contribution in [0.5, 0.6) is 0 Å². The summed E-state index contributed by atoms with van der Waals surface area (Å²) < 4.78 is 76.5. The van der Waals surface area contributed by atoms with Crippen LogP contribution in [-0.4, -0.2) is 27.4 Å². The van der Waals surface area contributed by atoms with E-state index in [-0.39, 0.29) is 16.9 Å². The van der Waals surface area contributed by atoms with E-state index in [0.29, 0.717) is 12.1 Å². The Morgan fingerprint density at radius 2 is 1.80 bits per heavy atom. The molecular weight excluding hydrogens is 392 g/mol. The molecule has 116 valence electrons. The Morgan fingerprint density at radius 1 is 1.25 bits per heavy atom. The summed E-state index contributed by atoms with van der Waals surface area (Å²) in [5, 5.41) is 0. The summed E-state index contributed by atoms with van der Waals surface area (Å²) in [7, 11) is -4.59. The van der Waals surface area contributed by atoms with Crippen molar-refractivity contribution in [2.75, 3.05) is 13.1 Å². The molecule has 11 heteroatoms. The van der Waals surface area contributed by atoms with Crippen LogP contribution in [0.4, 0.5) is 17.6 Å². The first kappa shape index (κ1) is 19.6. The van der Waals surface area contributed by atoms with Crippen LogP contribution >= 0.6 is 28.3 Å². The molecule has 1 rings (SSSR count). The van der Waals surface area contributed by atoms with E-state index in [2.05, 4.69) is 15.9 Å². The smallest absolute Gasteiger partial charge is 0.273 e. The van der Waals surface area contributed by atoms with E-state index >= 15 is 0 Å². The molecule has 0 atom stereocenters. The SMILES string of the molecule is Cl.NCC(F)(F)CNS(=O)(=O)c1cc(F)c(Br)cc1F. The van der Waals surface area contributed by atoms with Crippen LogP contribution in [0.1, 0.15) is 0 Å². The van der Waals surface area contributed by atoms with Crippen LogP contribution in [0.3, 0.4) is 0 Å². The van der Waals surface area contributed by atoms with Gasteiger partial charge in [0.25, 0.3) is 5.92 Å². The molecule has 1 aromatic rings. The Hall–Kier alpha value is -0.420.